The second kappa shape index (κ2) is 9.03. The second-order valence-electron chi connectivity index (χ2n) is 5.36. The molecule has 0 unspecified atom stereocenters. The molecule has 0 aliphatic carbocycles. The van der Waals surface area contributed by atoms with E-state index < -0.39 is 0 Å². The third-order valence-corrected chi connectivity index (χ3v) is 3.93. The van der Waals surface area contributed by atoms with Crippen LogP contribution in [0.3, 0.4) is 0 Å². The van der Waals surface area contributed by atoms with E-state index in [1.54, 1.807) is 44.5 Å². The van der Waals surface area contributed by atoms with Crippen LogP contribution in [-0.4, -0.2) is 37.4 Å². The highest BCUT2D eigenvalue weighted by molar-refractivity contribution is 9.10. The largest absolute Gasteiger partial charge is 0.497 e. The molecule has 0 saturated carbocycles. The van der Waals surface area contributed by atoms with Gasteiger partial charge in [0, 0.05) is 29.4 Å². The SMILES string of the molecule is COc1cccc(NC(=O)CN(C)C(=O)/C=C/c2ccc(Br)cc2)c1. The zero-order valence-corrected chi connectivity index (χ0v) is 15.6. The summed E-state index contributed by atoms with van der Waals surface area (Å²) in [6, 6.07) is 14.6. The molecule has 130 valence electrons. The number of rotatable bonds is 6. The third kappa shape index (κ3) is 6.08. The van der Waals surface area contributed by atoms with Gasteiger partial charge in [0.1, 0.15) is 5.75 Å². The van der Waals surface area contributed by atoms with Gasteiger partial charge in [-0.15, -0.1) is 0 Å². The van der Waals surface area contributed by atoms with Crippen LogP contribution in [0.25, 0.3) is 6.08 Å². The van der Waals surface area contributed by atoms with Gasteiger partial charge in [-0.05, 0) is 35.9 Å². The van der Waals surface area contributed by atoms with E-state index in [-0.39, 0.29) is 18.4 Å². The Morgan fingerprint density at radius 3 is 2.60 bits per heavy atom. The van der Waals surface area contributed by atoms with E-state index in [1.165, 1.54) is 11.0 Å². The highest BCUT2D eigenvalue weighted by atomic mass is 79.9. The first kappa shape index (κ1) is 18.7. The van der Waals surface area contributed by atoms with Crippen molar-refractivity contribution in [2.45, 2.75) is 0 Å². The first-order chi connectivity index (χ1) is 12.0. The maximum atomic E-state index is 12.1. The normalized spacial score (nSPS) is 10.5. The lowest BCUT2D eigenvalue weighted by Crippen LogP contribution is -2.33. The van der Waals surface area contributed by atoms with Gasteiger partial charge < -0.3 is 15.0 Å². The predicted octanol–water partition coefficient (Wildman–Crippen LogP) is 3.57. The van der Waals surface area contributed by atoms with E-state index in [1.807, 2.05) is 24.3 Å². The van der Waals surface area contributed by atoms with E-state index in [0.29, 0.717) is 11.4 Å². The minimum Gasteiger partial charge on any atom is -0.497 e. The molecular formula is C19H19BrN2O3. The van der Waals surface area contributed by atoms with Crippen molar-refractivity contribution >= 4 is 39.5 Å². The molecule has 6 heteroatoms. The van der Waals surface area contributed by atoms with Gasteiger partial charge in [0.2, 0.25) is 11.8 Å². The second-order valence-corrected chi connectivity index (χ2v) is 6.27. The number of hydrogen-bond donors (Lipinski definition) is 1. The van der Waals surface area contributed by atoms with Crippen molar-refractivity contribution < 1.29 is 14.3 Å². The fourth-order valence-corrected chi connectivity index (χ4v) is 2.33. The van der Waals surface area contributed by atoms with Crippen LogP contribution in [0.1, 0.15) is 5.56 Å². The smallest absolute Gasteiger partial charge is 0.246 e. The van der Waals surface area contributed by atoms with Crippen LogP contribution in [0.2, 0.25) is 0 Å². The Bertz CT molecular complexity index is 772. The number of methoxy groups -OCH3 is 1. The van der Waals surface area contributed by atoms with E-state index in [0.717, 1.165) is 10.0 Å². The van der Waals surface area contributed by atoms with Crippen LogP contribution >= 0.6 is 15.9 Å². The molecule has 25 heavy (non-hydrogen) atoms. The Morgan fingerprint density at radius 2 is 1.92 bits per heavy atom. The van der Waals surface area contributed by atoms with Crippen molar-refractivity contribution in [2.24, 2.45) is 0 Å². The molecular weight excluding hydrogens is 384 g/mol. The fraction of sp³-hybridized carbons (Fsp3) is 0.158. The lowest BCUT2D eigenvalue weighted by atomic mass is 10.2. The van der Waals surface area contributed by atoms with Crippen molar-refractivity contribution in [3.63, 3.8) is 0 Å². The molecule has 0 bridgehead atoms. The van der Waals surface area contributed by atoms with E-state index >= 15 is 0 Å². The summed E-state index contributed by atoms with van der Waals surface area (Å²) in [4.78, 5) is 25.5. The summed E-state index contributed by atoms with van der Waals surface area (Å²) in [5, 5.41) is 2.74. The highest BCUT2D eigenvalue weighted by Gasteiger charge is 2.11. The number of hydrogen-bond acceptors (Lipinski definition) is 3. The lowest BCUT2D eigenvalue weighted by molar-refractivity contribution is -0.129. The summed E-state index contributed by atoms with van der Waals surface area (Å²) in [5.41, 5.74) is 1.53. The first-order valence-electron chi connectivity index (χ1n) is 7.60. The van der Waals surface area contributed by atoms with Gasteiger partial charge in [0.25, 0.3) is 0 Å². The predicted molar refractivity (Wildman–Crippen MR) is 102 cm³/mol. The van der Waals surface area contributed by atoms with Gasteiger partial charge in [0.05, 0.1) is 13.7 Å². The van der Waals surface area contributed by atoms with Gasteiger partial charge >= 0.3 is 0 Å². The molecule has 2 aromatic rings. The Morgan fingerprint density at radius 1 is 1.20 bits per heavy atom. The monoisotopic (exact) mass is 402 g/mol. The Balaban J connectivity index is 1.89. The van der Waals surface area contributed by atoms with Crippen molar-refractivity contribution in [1.29, 1.82) is 0 Å². The minimum atomic E-state index is -0.277. The van der Waals surface area contributed by atoms with E-state index in [9.17, 15) is 9.59 Å². The summed E-state index contributed by atoms with van der Waals surface area (Å²) in [7, 11) is 3.14. The van der Waals surface area contributed by atoms with Gasteiger partial charge in [0.15, 0.2) is 0 Å². The summed E-state index contributed by atoms with van der Waals surface area (Å²) >= 11 is 3.36. The molecule has 2 rings (SSSR count). The molecule has 0 spiro atoms. The maximum absolute atomic E-state index is 12.1. The first-order valence-corrected chi connectivity index (χ1v) is 8.40. The van der Waals surface area contributed by atoms with Crippen molar-refractivity contribution in [3.05, 3.63) is 64.6 Å². The van der Waals surface area contributed by atoms with Gasteiger partial charge in [-0.1, -0.05) is 34.1 Å². The molecule has 0 aliphatic heterocycles. The van der Waals surface area contributed by atoms with E-state index in [2.05, 4.69) is 21.2 Å². The number of halogens is 1. The molecule has 0 aromatic heterocycles. The van der Waals surface area contributed by atoms with Crippen molar-refractivity contribution in [3.8, 4) is 5.75 Å². The maximum Gasteiger partial charge on any atom is 0.246 e. The Hall–Kier alpha value is -2.60. The minimum absolute atomic E-state index is 0.0410. The zero-order chi connectivity index (χ0) is 18.2. The van der Waals surface area contributed by atoms with Gasteiger partial charge in [-0.3, -0.25) is 9.59 Å². The average molecular weight is 403 g/mol. The average Bonchev–Trinajstić information content (AvgIpc) is 2.61. The molecule has 0 saturated heterocycles. The number of carbonyl (C=O) groups excluding carboxylic acids is 2. The molecule has 0 heterocycles. The molecule has 0 atom stereocenters. The summed E-state index contributed by atoms with van der Waals surface area (Å²) in [6.07, 6.45) is 3.16. The third-order valence-electron chi connectivity index (χ3n) is 3.40. The number of likely N-dealkylation sites (N-methyl/N-ethyl adjacent to an activating group) is 1. The number of anilines is 1. The quantitative estimate of drug-likeness (QED) is 0.751. The summed E-state index contributed by atoms with van der Waals surface area (Å²) < 4.78 is 6.08. The van der Waals surface area contributed by atoms with Crippen LogP contribution in [0.15, 0.2) is 59.1 Å². The topological polar surface area (TPSA) is 58.6 Å². The highest BCUT2D eigenvalue weighted by Crippen LogP contribution is 2.16. The summed E-state index contributed by atoms with van der Waals surface area (Å²) in [5.74, 6) is 0.129. The van der Waals surface area contributed by atoms with Gasteiger partial charge in [-0.2, -0.15) is 0 Å². The number of nitrogens with one attached hydrogen (secondary N) is 1. The molecule has 1 N–H and O–H groups in total. The molecule has 0 radical (unpaired) electrons. The van der Waals surface area contributed by atoms with Gasteiger partial charge in [-0.25, -0.2) is 0 Å². The van der Waals surface area contributed by atoms with Crippen molar-refractivity contribution in [2.75, 3.05) is 26.0 Å². The number of nitrogens with zero attached hydrogens (tertiary/aromatic N) is 1. The molecule has 0 fully saturated rings. The van der Waals surface area contributed by atoms with Crippen LogP contribution < -0.4 is 10.1 Å². The lowest BCUT2D eigenvalue weighted by Gasteiger charge is -2.15. The van der Waals surface area contributed by atoms with Crippen molar-refractivity contribution in [1.82, 2.24) is 4.90 Å². The van der Waals surface area contributed by atoms with Crippen LogP contribution in [-0.2, 0) is 9.59 Å². The van der Waals surface area contributed by atoms with Crippen LogP contribution in [0.4, 0.5) is 5.69 Å². The molecule has 5 nitrogen and oxygen atoms in total. The van der Waals surface area contributed by atoms with E-state index in [4.69, 9.17) is 4.74 Å². The number of benzene rings is 2. The standard InChI is InChI=1S/C19H19BrN2O3/c1-22(19(24)11-8-14-6-9-15(20)10-7-14)13-18(23)21-16-4-3-5-17(12-16)25-2/h3-12H,13H2,1-2H3,(H,21,23)/b11-8+. The number of amides is 2. The molecule has 2 amide bonds. The van der Waals surface area contributed by atoms with Crippen LogP contribution in [0, 0.1) is 0 Å². The van der Waals surface area contributed by atoms with Crippen LogP contribution in [0.5, 0.6) is 5.75 Å². The number of carbonyl (C=O) groups is 2. The Kier molecular flexibility index (Phi) is 6.77. The summed E-state index contributed by atoms with van der Waals surface area (Å²) in [6.45, 7) is -0.0410. The Labute approximate surface area is 155 Å². The zero-order valence-electron chi connectivity index (χ0n) is 14.0. The number of ether oxygens (including phenoxy) is 1. The molecule has 0 aliphatic rings. The fourth-order valence-electron chi connectivity index (χ4n) is 2.06. The molecule has 2 aromatic carbocycles.